The number of urea groups is 1. The number of aliphatic carboxylic acids is 1. The lowest BCUT2D eigenvalue weighted by atomic mass is 9.76. The smallest absolute Gasteiger partial charge is 0.319 e. The second-order valence-electron chi connectivity index (χ2n) is 9.30. The third kappa shape index (κ3) is 7.55. The molecule has 2 rings (SSSR count). The fourth-order valence-electron chi connectivity index (χ4n) is 4.59. The van der Waals surface area contributed by atoms with Crippen LogP contribution in [0, 0.1) is 5.92 Å². The molecule has 4 amide bonds. The number of carbonyl (C=O) groups excluding carboxylic acids is 3. The number of benzene rings is 2. The standard InChI is InChI=1S/C28H38N4O5/c1-4-5-12-19-32(28(20(2)3,26(29)36)21-13-8-6-9-14-21)25(35)23(17-18-24(33)34)31-27(37)30-22-15-10-7-11-16-22/h6-11,13-16,20,23H,4-5,12,17-19H2,1-3H3,(H2,29,36)(H,33,34)(H2,30,31,37)/t23-,28?/m1/s1. The molecule has 0 radical (unpaired) electrons. The molecule has 1 unspecified atom stereocenters. The first kappa shape index (κ1) is 29.4. The van der Waals surface area contributed by atoms with Crippen molar-refractivity contribution in [2.75, 3.05) is 11.9 Å². The van der Waals surface area contributed by atoms with E-state index in [1.807, 2.05) is 26.8 Å². The van der Waals surface area contributed by atoms with Crippen molar-refractivity contribution < 1.29 is 24.3 Å². The van der Waals surface area contributed by atoms with Crippen LogP contribution in [0.4, 0.5) is 10.5 Å². The van der Waals surface area contributed by atoms with E-state index in [0.717, 1.165) is 12.8 Å². The normalized spacial score (nSPS) is 13.3. The topological polar surface area (TPSA) is 142 Å². The van der Waals surface area contributed by atoms with Gasteiger partial charge in [-0.3, -0.25) is 14.4 Å². The lowest BCUT2D eigenvalue weighted by molar-refractivity contribution is -0.152. The van der Waals surface area contributed by atoms with Gasteiger partial charge in [-0.05, 0) is 36.5 Å². The maximum absolute atomic E-state index is 14.1. The highest BCUT2D eigenvalue weighted by molar-refractivity contribution is 5.97. The number of hydrogen-bond donors (Lipinski definition) is 4. The number of rotatable bonds is 14. The van der Waals surface area contributed by atoms with E-state index in [1.165, 1.54) is 4.90 Å². The number of para-hydroxylation sites is 1. The van der Waals surface area contributed by atoms with Gasteiger partial charge in [0.25, 0.3) is 0 Å². The van der Waals surface area contributed by atoms with Crippen molar-refractivity contribution in [2.45, 2.75) is 64.5 Å². The van der Waals surface area contributed by atoms with Crippen LogP contribution < -0.4 is 16.4 Å². The summed E-state index contributed by atoms with van der Waals surface area (Å²) in [4.78, 5) is 53.0. The number of anilines is 1. The summed E-state index contributed by atoms with van der Waals surface area (Å²) >= 11 is 0. The van der Waals surface area contributed by atoms with Gasteiger partial charge in [0.15, 0.2) is 0 Å². The Morgan fingerprint density at radius 1 is 0.973 bits per heavy atom. The van der Waals surface area contributed by atoms with E-state index >= 15 is 0 Å². The van der Waals surface area contributed by atoms with Crippen LogP contribution in [-0.2, 0) is 19.9 Å². The molecule has 0 aliphatic rings. The Kier molecular flexibility index (Phi) is 11.1. The van der Waals surface area contributed by atoms with E-state index in [1.54, 1.807) is 54.6 Å². The van der Waals surface area contributed by atoms with E-state index in [0.29, 0.717) is 17.7 Å². The summed E-state index contributed by atoms with van der Waals surface area (Å²) in [5.41, 5.74) is 5.63. The molecule has 5 N–H and O–H groups in total. The van der Waals surface area contributed by atoms with Crippen molar-refractivity contribution in [3.8, 4) is 0 Å². The van der Waals surface area contributed by atoms with Crippen LogP contribution >= 0.6 is 0 Å². The number of carboxylic acids is 1. The number of carboxylic acid groups (broad SMARTS) is 1. The molecule has 9 heteroatoms. The number of nitrogens with zero attached hydrogens (tertiary/aromatic N) is 1. The second-order valence-corrected chi connectivity index (χ2v) is 9.30. The van der Waals surface area contributed by atoms with Crippen molar-refractivity contribution in [3.63, 3.8) is 0 Å². The van der Waals surface area contributed by atoms with E-state index in [9.17, 15) is 24.3 Å². The van der Waals surface area contributed by atoms with Gasteiger partial charge in [0.2, 0.25) is 11.8 Å². The Morgan fingerprint density at radius 2 is 1.57 bits per heavy atom. The Balaban J connectivity index is 2.52. The van der Waals surface area contributed by atoms with E-state index in [2.05, 4.69) is 10.6 Å². The molecule has 0 heterocycles. The van der Waals surface area contributed by atoms with Gasteiger partial charge >= 0.3 is 12.0 Å². The van der Waals surface area contributed by atoms with Gasteiger partial charge in [0.1, 0.15) is 11.6 Å². The molecule has 2 atom stereocenters. The molecule has 200 valence electrons. The van der Waals surface area contributed by atoms with E-state index < -0.39 is 41.3 Å². The van der Waals surface area contributed by atoms with Gasteiger partial charge in [0, 0.05) is 18.7 Å². The van der Waals surface area contributed by atoms with Crippen LogP contribution in [0.2, 0.25) is 0 Å². The fraction of sp³-hybridized carbons (Fsp3) is 0.429. The molecule has 0 saturated carbocycles. The first-order valence-corrected chi connectivity index (χ1v) is 12.7. The van der Waals surface area contributed by atoms with Crippen LogP contribution in [-0.4, -0.2) is 46.4 Å². The molecular formula is C28H38N4O5. The molecule has 0 aliphatic carbocycles. The van der Waals surface area contributed by atoms with Crippen molar-refractivity contribution in [1.82, 2.24) is 10.2 Å². The molecule has 2 aromatic carbocycles. The number of amides is 4. The van der Waals surface area contributed by atoms with Gasteiger partial charge in [0.05, 0.1) is 0 Å². The van der Waals surface area contributed by atoms with Gasteiger partial charge < -0.3 is 26.4 Å². The van der Waals surface area contributed by atoms with Gasteiger partial charge in [-0.1, -0.05) is 82.1 Å². The maximum atomic E-state index is 14.1. The molecule has 0 bridgehead atoms. The lowest BCUT2D eigenvalue weighted by Crippen LogP contribution is -2.64. The maximum Gasteiger partial charge on any atom is 0.319 e. The zero-order valence-corrected chi connectivity index (χ0v) is 21.8. The Labute approximate surface area is 218 Å². The highest BCUT2D eigenvalue weighted by Gasteiger charge is 2.50. The summed E-state index contributed by atoms with van der Waals surface area (Å²) in [5.74, 6) is -2.76. The van der Waals surface area contributed by atoms with Gasteiger partial charge in [-0.15, -0.1) is 0 Å². The number of nitrogens with one attached hydrogen (secondary N) is 2. The first-order valence-electron chi connectivity index (χ1n) is 12.7. The number of nitrogens with two attached hydrogens (primary N) is 1. The Bertz CT molecular complexity index is 1050. The average molecular weight is 511 g/mol. The highest BCUT2D eigenvalue weighted by Crippen LogP contribution is 2.37. The predicted molar refractivity (Wildman–Crippen MR) is 143 cm³/mol. The largest absolute Gasteiger partial charge is 0.481 e. The van der Waals surface area contributed by atoms with Crippen LogP contribution in [0.15, 0.2) is 60.7 Å². The molecule has 0 aliphatic heterocycles. The van der Waals surface area contributed by atoms with Crippen molar-refractivity contribution in [1.29, 1.82) is 0 Å². The minimum absolute atomic E-state index is 0.150. The van der Waals surface area contributed by atoms with Crippen LogP contribution in [0.3, 0.4) is 0 Å². The number of carbonyl (C=O) groups is 4. The van der Waals surface area contributed by atoms with Crippen molar-refractivity contribution >= 4 is 29.5 Å². The number of hydrogen-bond acceptors (Lipinski definition) is 4. The number of unbranched alkanes of at least 4 members (excludes halogenated alkanes) is 2. The van der Waals surface area contributed by atoms with Crippen LogP contribution in [0.1, 0.15) is 58.4 Å². The monoisotopic (exact) mass is 510 g/mol. The number of primary amides is 1. The summed E-state index contributed by atoms with van der Waals surface area (Å²) in [6.45, 7) is 5.88. The van der Waals surface area contributed by atoms with Gasteiger partial charge in [-0.25, -0.2) is 4.79 Å². The van der Waals surface area contributed by atoms with Crippen molar-refractivity contribution in [3.05, 3.63) is 66.2 Å². The molecule has 9 nitrogen and oxygen atoms in total. The lowest BCUT2D eigenvalue weighted by Gasteiger charge is -2.46. The minimum Gasteiger partial charge on any atom is -0.481 e. The van der Waals surface area contributed by atoms with E-state index in [4.69, 9.17) is 5.73 Å². The molecule has 0 fully saturated rings. The van der Waals surface area contributed by atoms with Crippen LogP contribution in [0.5, 0.6) is 0 Å². The molecule has 0 aromatic heterocycles. The summed E-state index contributed by atoms with van der Waals surface area (Å²) in [6.07, 6.45) is 1.81. The zero-order chi connectivity index (χ0) is 27.4. The zero-order valence-electron chi connectivity index (χ0n) is 21.8. The van der Waals surface area contributed by atoms with Crippen LogP contribution in [0.25, 0.3) is 0 Å². The summed E-state index contributed by atoms with van der Waals surface area (Å²) < 4.78 is 0. The molecule has 0 saturated heterocycles. The summed E-state index contributed by atoms with van der Waals surface area (Å²) in [6, 6.07) is 15.7. The molecular weight excluding hydrogens is 472 g/mol. The second kappa shape index (κ2) is 14.0. The minimum atomic E-state index is -1.49. The summed E-state index contributed by atoms with van der Waals surface area (Å²) in [5, 5.41) is 14.6. The fourth-order valence-corrected chi connectivity index (χ4v) is 4.59. The molecule has 2 aromatic rings. The summed E-state index contributed by atoms with van der Waals surface area (Å²) in [7, 11) is 0. The quantitative estimate of drug-likeness (QED) is 0.283. The average Bonchev–Trinajstić information content (AvgIpc) is 2.86. The van der Waals surface area contributed by atoms with Crippen molar-refractivity contribution in [2.24, 2.45) is 11.7 Å². The molecule has 37 heavy (non-hydrogen) atoms. The Morgan fingerprint density at radius 3 is 2.08 bits per heavy atom. The third-order valence-corrected chi connectivity index (χ3v) is 6.38. The predicted octanol–water partition coefficient (Wildman–Crippen LogP) is 4.10. The molecule has 0 spiro atoms. The Hall–Kier alpha value is -3.88. The van der Waals surface area contributed by atoms with Gasteiger partial charge in [-0.2, -0.15) is 0 Å². The highest BCUT2D eigenvalue weighted by atomic mass is 16.4. The third-order valence-electron chi connectivity index (χ3n) is 6.38. The SMILES string of the molecule is CCCCCN(C(=O)[C@@H](CCC(=O)O)NC(=O)Nc1ccccc1)C(C(N)=O)(c1ccccc1)C(C)C. The first-order chi connectivity index (χ1) is 17.6. The van der Waals surface area contributed by atoms with E-state index in [-0.39, 0.29) is 19.4 Å².